The van der Waals surface area contributed by atoms with Gasteiger partial charge in [-0.05, 0) is 47.6 Å². The molecule has 0 aliphatic carbocycles. The maximum absolute atomic E-state index is 13.1. The first kappa shape index (κ1) is 19.3. The summed E-state index contributed by atoms with van der Waals surface area (Å²) < 4.78 is 34.3. The van der Waals surface area contributed by atoms with Crippen LogP contribution in [0.1, 0.15) is 56.2 Å². The van der Waals surface area contributed by atoms with Crippen LogP contribution in [0.15, 0.2) is 41.3 Å². The molecule has 0 bridgehead atoms. The SMILES string of the molecule is COc1ccc(C(C)C)cc1S(=O)(=O)Nc1c(C)cccc1C(C)C. The molecule has 0 fully saturated rings. The third-order valence-corrected chi connectivity index (χ3v) is 5.68. The van der Waals surface area contributed by atoms with E-state index in [0.29, 0.717) is 11.4 Å². The molecule has 2 aromatic carbocycles. The summed E-state index contributed by atoms with van der Waals surface area (Å²) in [5.41, 5.74) is 3.47. The number of rotatable bonds is 6. The van der Waals surface area contributed by atoms with Gasteiger partial charge in [0.25, 0.3) is 10.0 Å². The minimum atomic E-state index is -3.77. The van der Waals surface area contributed by atoms with Gasteiger partial charge in [-0.2, -0.15) is 0 Å². The summed E-state index contributed by atoms with van der Waals surface area (Å²) in [6.07, 6.45) is 0. The van der Waals surface area contributed by atoms with Crippen LogP contribution in [0.5, 0.6) is 5.75 Å². The van der Waals surface area contributed by atoms with Crippen LogP contribution < -0.4 is 9.46 Å². The smallest absolute Gasteiger partial charge is 0.265 e. The van der Waals surface area contributed by atoms with Crippen LogP contribution in [0.2, 0.25) is 0 Å². The molecule has 0 radical (unpaired) electrons. The Kier molecular flexibility index (Phi) is 5.78. The Bertz CT molecular complexity index is 855. The summed E-state index contributed by atoms with van der Waals surface area (Å²) in [6, 6.07) is 11.1. The summed E-state index contributed by atoms with van der Waals surface area (Å²) >= 11 is 0. The molecule has 136 valence electrons. The van der Waals surface area contributed by atoms with Gasteiger partial charge in [-0.1, -0.05) is 52.0 Å². The molecule has 0 saturated carbocycles. The highest BCUT2D eigenvalue weighted by atomic mass is 32.2. The van der Waals surface area contributed by atoms with Gasteiger partial charge in [0.15, 0.2) is 0 Å². The fourth-order valence-corrected chi connectivity index (χ4v) is 4.13. The first-order chi connectivity index (χ1) is 11.7. The van der Waals surface area contributed by atoms with Crippen molar-refractivity contribution >= 4 is 15.7 Å². The lowest BCUT2D eigenvalue weighted by Gasteiger charge is -2.19. The van der Waals surface area contributed by atoms with Gasteiger partial charge in [0.05, 0.1) is 12.8 Å². The first-order valence-electron chi connectivity index (χ1n) is 8.47. The zero-order valence-electron chi connectivity index (χ0n) is 15.8. The van der Waals surface area contributed by atoms with Crippen molar-refractivity contribution in [3.63, 3.8) is 0 Å². The quantitative estimate of drug-likeness (QED) is 0.783. The highest BCUT2D eigenvalue weighted by Gasteiger charge is 2.23. The van der Waals surface area contributed by atoms with Crippen molar-refractivity contribution in [2.45, 2.75) is 51.3 Å². The number of benzene rings is 2. The molecular formula is C20H27NO3S. The second kappa shape index (κ2) is 7.48. The van der Waals surface area contributed by atoms with Gasteiger partial charge >= 0.3 is 0 Å². The molecule has 0 unspecified atom stereocenters. The van der Waals surface area contributed by atoms with E-state index >= 15 is 0 Å². The van der Waals surface area contributed by atoms with Crippen LogP contribution in [0.4, 0.5) is 5.69 Å². The molecule has 0 aliphatic heterocycles. The van der Waals surface area contributed by atoms with Crippen LogP contribution in [0.3, 0.4) is 0 Å². The van der Waals surface area contributed by atoms with Crippen LogP contribution >= 0.6 is 0 Å². The van der Waals surface area contributed by atoms with Gasteiger partial charge in [0, 0.05) is 0 Å². The molecule has 2 rings (SSSR count). The van der Waals surface area contributed by atoms with Gasteiger partial charge in [0.1, 0.15) is 10.6 Å². The molecular weight excluding hydrogens is 334 g/mol. The van der Waals surface area contributed by atoms with E-state index in [2.05, 4.69) is 4.72 Å². The Balaban J connectivity index is 2.56. The number of hydrogen-bond acceptors (Lipinski definition) is 3. The third-order valence-electron chi connectivity index (χ3n) is 4.31. The molecule has 5 heteroatoms. The minimum Gasteiger partial charge on any atom is -0.495 e. The summed E-state index contributed by atoms with van der Waals surface area (Å²) in [6.45, 7) is 10.1. The number of sulfonamides is 1. The Hall–Kier alpha value is -2.01. The fourth-order valence-electron chi connectivity index (χ4n) is 2.76. The van der Waals surface area contributed by atoms with Crippen molar-refractivity contribution in [2.24, 2.45) is 0 Å². The first-order valence-corrected chi connectivity index (χ1v) is 9.96. The molecule has 0 atom stereocenters. The number of hydrogen-bond donors (Lipinski definition) is 1. The van der Waals surface area contributed by atoms with Crippen molar-refractivity contribution in [1.82, 2.24) is 0 Å². The molecule has 0 amide bonds. The third kappa shape index (κ3) is 4.15. The Morgan fingerprint density at radius 2 is 1.68 bits per heavy atom. The van der Waals surface area contributed by atoms with Gasteiger partial charge < -0.3 is 4.74 Å². The molecule has 2 aromatic rings. The second-order valence-electron chi connectivity index (χ2n) is 6.86. The zero-order valence-corrected chi connectivity index (χ0v) is 16.6. The van der Waals surface area contributed by atoms with E-state index in [1.165, 1.54) is 7.11 Å². The van der Waals surface area contributed by atoms with Crippen molar-refractivity contribution < 1.29 is 13.2 Å². The van der Waals surface area contributed by atoms with E-state index in [9.17, 15) is 8.42 Å². The van der Waals surface area contributed by atoms with Crippen LogP contribution in [-0.2, 0) is 10.0 Å². The van der Waals surface area contributed by atoms with Gasteiger partial charge in [-0.25, -0.2) is 8.42 Å². The van der Waals surface area contributed by atoms with Gasteiger partial charge in [-0.3, -0.25) is 4.72 Å². The van der Waals surface area contributed by atoms with E-state index in [-0.39, 0.29) is 16.7 Å². The number of para-hydroxylation sites is 1. The second-order valence-corrected chi connectivity index (χ2v) is 8.52. The molecule has 0 heterocycles. The lowest BCUT2D eigenvalue weighted by atomic mass is 9.99. The fraction of sp³-hybridized carbons (Fsp3) is 0.400. The predicted octanol–water partition coefficient (Wildman–Crippen LogP) is 5.05. The standard InChI is InChI=1S/C20H27NO3S/c1-13(2)16-10-11-18(24-6)19(12-16)25(22,23)21-20-15(5)8-7-9-17(20)14(3)4/h7-14,21H,1-6H3. The maximum Gasteiger partial charge on any atom is 0.265 e. The maximum atomic E-state index is 13.1. The number of anilines is 1. The molecule has 0 aromatic heterocycles. The molecule has 4 nitrogen and oxygen atoms in total. The van der Waals surface area contributed by atoms with E-state index in [1.54, 1.807) is 12.1 Å². The topological polar surface area (TPSA) is 55.4 Å². The predicted molar refractivity (Wildman–Crippen MR) is 103 cm³/mol. The Labute approximate surface area is 151 Å². The monoisotopic (exact) mass is 361 g/mol. The molecule has 0 aliphatic rings. The molecule has 0 saturated heterocycles. The van der Waals surface area contributed by atoms with Crippen LogP contribution in [0.25, 0.3) is 0 Å². The van der Waals surface area contributed by atoms with Crippen LogP contribution in [0, 0.1) is 6.92 Å². The highest BCUT2D eigenvalue weighted by molar-refractivity contribution is 7.92. The van der Waals surface area contributed by atoms with Crippen molar-refractivity contribution in [3.05, 3.63) is 53.1 Å². The summed E-state index contributed by atoms with van der Waals surface area (Å²) in [5, 5.41) is 0. The minimum absolute atomic E-state index is 0.166. The lowest BCUT2D eigenvalue weighted by Crippen LogP contribution is -2.17. The van der Waals surface area contributed by atoms with Crippen molar-refractivity contribution in [1.29, 1.82) is 0 Å². The average molecular weight is 362 g/mol. The highest BCUT2D eigenvalue weighted by Crippen LogP contribution is 2.33. The number of methoxy groups -OCH3 is 1. The average Bonchev–Trinajstić information content (AvgIpc) is 2.55. The van der Waals surface area contributed by atoms with Crippen LogP contribution in [-0.4, -0.2) is 15.5 Å². The number of aryl methyl sites for hydroxylation is 1. The molecule has 25 heavy (non-hydrogen) atoms. The van der Waals surface area contributed by atoms with E-state index in [1.807, 2.05) is 58.9 Å². The van der Waals surface area contributed by atoms with Crippen molar-refractivity contribution in [3.8, 4) is 5.75 Å². The Morgan fingerprint density at radius 1 is 1.00 bits per heavy atom. The summed E-state index contributed by atoms with van der Waals surface area (Å²) in [5.74, 6) is 0.780. The zero-order chi connectivity index (χ0) is 18.8. The molecule has 1 N–H and O–H groups in total. The molecule has 0 spiro atoms. The Morgan fingerprint density at radius 3 is 2.24 bits per heavy atom. The van der Waals surface area contributed by atoms with Gasteiger partial charge in [-0.15, -0.1) is 0 Å². The largest absolute Gasteiger partial charge is 0.495 e. The number of nitrogens with one attached hydrogen (secondary N) is 1. The van der Waals surface area contributed by atoms with E-state index in [0.717, 1.165) is 16.7 Å². The van der Waals surface area contributed by atoms with Gasteiger partial charge in [0.2, 0.25) is 0 Å². The summed E-state index contributed by atoms with van der Waals surface area (Å²) in [4.78, 5) is 0.166. The number of ether oxygens (including phenoxy) is 1. The summed E-state index contributed by atoms with van der Waals surface area (Å²) in [7, 11) is -2.28. The lowest BCUT2D eigenvalue weighted by molar-refractivity contribution is 0.402. The normalized spacial score (nSPS) is 11.8. The van der Waals surface area contributed by atoms with E-state index in [4.69, 9.17) is 4.74 Å². The van der Waals surface area contributed by atoms with Crippen molar-refractivity contribution in [2.75, 3.05) is 11.8 Å². The van der Waals surface area contributed by atoms with E-state index < -0.39 is 10.0 Å².